The molecule has 25 heavy (non-hydrogen) atoms. The first-order chi connectivity index (χ1) is 11.9. The first-order valence-corrected chi connectivity index (χ1v) is 9.75. The molecule has 2 aromatic carbocycles. The second-order valence-electron chi connectivity index (χ2n) is 5.56. The minimum Gasteiger partial charge on any atom is -0.241 e. The van der Waals surface area contributed by atoms with Crippen LogP contribution in [0, 0.1) is 17.1 Å². The molecular formula is C17H14FN3O2S2. The highest BCUT2D eigenvalue weighted by Gasteiger charge is 2.20. The van der Waals surface area contributed by atoms with Crippen LogP contribution in [0.5, 0.6) is 0 Å². The van der Waals surface area contributed by atoms with Gasteiger partial charge in [-0.25, -0.2) is 22.5 Å². The number of hydrogen-bond acceptors (Lipinski definition) is 5. The number of aromatic nitrogens is 1. The molecule has 0 unspecified atom stereocenters. The van der Waals surface area contributed by atoms with Crippen molar-refractivity contribution in [2.24, 2.45) is 0 Å². The molecule has 1 aromatic heterocycles. The lowest BCUT2D eigenvalue weighted by Crippen LogP contribution is -2.34. The Balaban J connectivity index is 1.77. The Morgan fingerprint density at radius 2 is 2.08 bits per heavy atom. The third kappa shape index (κ3) is 3.85. The van der Waals surface area contributed by atoms with Gasteiger partial charge in [0.05, 0.1) is 25.7 Å². The lowest BCUT2D eigenvalue weighted by Gasteiger charge is -2.13. The summed E-state index contributed by atoms with van der Waals surface area (Å²) in [6, 6.07) is 12.1. The summed E-state index contributed by atoms with van der Waals surface area (Å²) in [5.41, 5.74) is 0.580. The van der Waals surface area contributed by atoms with Crippen LogP contribution in [-0.2, 0) is 16.4 Å². The van der Waals surface area contributed by atoms with E-state index in [1.807, 2.05) is 24.3 Å². The van der Waals surface area contributed by atoms with Gasteiger partial charge in [0.1, 0.15) is 11.9 Å². The van der Waals surface area contributed by atoms with Crippen LogP contribution in [-0.4, -0.2) is 19.4 Å². The molecule has 3 aromatic rings. The van der Waals surface area contributed by atoms with Crippen LogP contribution in [0.15, 0.2) is 47.4 Å². The number of halogens is 1. The fourth-order valence-electron chi connectivity index (χ4n) is 2.40. The summed E-state index contributed by atoms with van der Waals surface area (Å²) in [7, 11) is -3.85. The summed E-state index contributed by atoms with van der Waals surface area (Å²) < 4.78 is 41.8. The third-order valence-electron chi connectivity index (χ3n) is 3.54. The highest BCUT2D eigenvalue weighted by atomic mass is 32.2. The highest BCUT2D eigenvalue weighted by Crippen LogP contribution is 2.23. The van der Waals surface area contributed by atoms with Crippen LogP contribution < -0.4 is 4.72 Å². The molecule has 3 rings (SSSR count). The largest absolute Gasteiger partial charge is 0.241 e. The standard InChI is InChI=1S/C17H14FN3O2S2/c1-11(8-17-20-15-4-2-3-5-16(15)24-17)21-25(22,23)13-6-7-14(18)12(9-13)10-19/h2-7,9,11,21H,8H2,1H3/t11-/m0/s1. The van der Waals surface area contributed by atoms with E-state index >= 15 is 0 Å². The van der Waals surface area contributed by atoms with Crippen molar-refractivity contribution in [2.75, 3.05) is 0 Å². The minimum atomic E-state index is -3.85. The van der Waals surface area contributed by atoms with Gasteiger partial charge in [0.25, 0.3) is 0 Å². The fourth-order valence-corrected chi connectivity index (χ4v) is 4.77. The summed E-state index contributed by atoms with van der Waals surface area (Å²) in [4.78, 5) is 4.35. The van der Waals surface area contributed by atoms with Crippen molar-refractivity contribution in [1.29, 1.82) is 5.26 Å². The topological polar surface area (TPSA) is 82.8 Å². The van der Waals surface area contributed by atoms with E-state index in [2.05, 4.69) is 9.71 Å². The first-order valence-electron chi connectivity index (χ1n) is 7.45. The number of rotatable bonds is 5. The lowest BCUT2D eigenvalue weighted by molar-refractivity contribution is 0.559. The van der Waals surface area contributed by atoms with Crippen molar-refractivity contribution in [3.05, 3.63) is 58.9 Å². The molecule has 0 bridgehead atoms. The Kier molecular flexibility index (Phi) is 4.81. The highest BCUT2D eigenvalue weighted by molar-refractivity contribution is 7.89. The Bertz CT molecular complexity index is 1040. The molecule has 0 aliphatic heterocycles. The molecule has 0 spiro atoms. The van der Waals surface area contributed by atoms with Gasteiger partial charge < -0.3 is 0 Å². The van der Waals surface area contributed by atoms with Gasteiger partial charge in [0.2, 0.25) is 10.0 Å². The van der Waals surface area contributed by atoms with Crippen molar-refractivity contribution < 1.29 is 12.8 Å². The maximum atomic E-state index is 13.4. The second-order valence-corrected chi connectivity index (χ2v) is 8.38. The zero-order chi connectivity index (χ0) is 18.0. The average Bonchev–Trinajstić information content (AvgIpc) is 2.96. The van der Waals surface area contributed by atoms with Crippen molar-refractivity contribution in [3.8, 4) is 6.07 Å². The summed E-state index contributed by atoms with van der Waals surface area (Å²) in [5, 5.41) is 9.67. The minimum absolute atomic E-state index is 0.137. The van der Waals surface area contributed by atoms with Crippen LogP contribution in [0.2, 0.25) is 0 Å². The fraction of sp³-hybridized carbons (Fsp3) is 0.176. The predicted octanol–water partition coefficient (Wildman–Crippen LogP) is 3.22. The number of nitriles is 1. The van der Waals surface area contributed by atoms with Crippen molar-refractivity contribution in [3.63, 3.8) is 0 Å². The number of nitrogens with one attached hydrogen (secondary N) is 1. The van der Waals surface area contributed by atoms with Crippen LogP contribution in [0.3, 0.4) is 0 Å². The van der Waals surface area contributed by atoms with Crippen LogP contribution in [0.4, 0.5) is 4.39 Å². The number of benzene rings is 2. The molecule has 0 aliphatic rings. The Morgan fingerprint density at radius 3 is 2.80 bits per heavy atom. The third-order valence-corrected chi connectivity index (χ3v) is 6.19. The van der Waals surface area contributed by atoms with E-state index in [0.29, 0.717) is 6.42 Å². The molecular weight excluding hydrogens is 361 g/mol. The second kappa shape index (κ2) is 6.88. The number of fused-ring (bicyclic) bond motifs is 1. The SMILES string of the molecule is C[C@@H](Cc1nc2ccccc2s1)NS(=O)(=O)c1ccc(F)c(C#N)c1. The zero-order valence-corrected chi connectivity index (χ0v) is 14.9. The Morgan fingerprint density at radius 1 is 1.32 bits per heavy atom. The van der Waals surface area contributed by atoms with Gasteiger partial charge in [-0.3, -0.25) is 0 Å². The van der Waals surface area contributed by atoms with Crippen LogP contribution >= 0.6 is 11.3 Å². The summed E-state index contributed by atoms with van der Waals surface area (Å²) in [6.07, 6.45) is 0.435. The van der Waals surface area contributed by atoms with Gasteiger partial charge in [-0.15, -0.1) is 11.3 Å². The van der Waals surface area contributed by atoms with E-state index in [1.54, 1.807) is 13.0 Å². The summed E-state index contributed by atoms with van der Waals surface area (Å²) in [5.74, 6) is -0.746. The molecule has 0 amide bonds. The molecule has 128 valence electrons. The van der Waals surface area contributed by atoms with Crippen LogP contribution in [0.25, 0.3) is 10.2 Å². The van der Waals surface area contributed by atoms with Crippen molar-refractivity contribution in [1.82, 2.24) is 9.71 Å². The molecule has 0 radical (unpaired) electrons. The molecule has 0 saturated carbocycles. The maximum Gasteiger partial charge on any atom is 0.240 e. The average molecular weight is 375 g/mol. The van der Waals surface area contributed by atoms with Gasteiger partial charge in [-0.2, -0.15) is 5.26 Å². The smallest absolute Gasteiger partial charge is 0.240 e. The Labute approximate surface area is 148 Å². The lowest BCUT2D eigenvalue weighted by atomic mass is 10.2. The Hall–Kier alpha value is -2.34. The number of para-hydroxylation sites is 1. The van der Waals surface area contributed by atoms with E-state index in [0.717, 1.165) is 33.4 Å². The normalized spacial score (nSPS) is 12.8. The molecule has 0 saturated heterocycles. The molecule has 8 heteroatoms. The van der Waals surface area contributed by atoms with E-state index < -0.39 is 21.9 Å². The van der Waals surface area contributed by atoms with Gasteiger partial charge in [0.15, 0.2) is 0 Å². The molecule has 1 N–H and O–H groups in total. The zero-order valence-electron chi connectivity index (χ0n) is 13.2. The van der Waals surface area contributed by atoms with Crippen molar-refractivity contribution >= 4 is 31.6 Å². The molecule has 1 atom stereocenters. The van der Waals surface area contributed by atoms with E-state index in [9.17, 15) is 12.8 Å². The van der Waals surface area contributed by atoms with E-state index in [-0.39, 0.29) is 10.5 Å². The number of sulfonamides is 1. The van der Waals surface area contributed by atoms with Crippen molar-refractivity contribution in [2.45, 2.75) is 24.3 Å². The van der Waals surface area contributed by atoms with E-state index in [1.165, 1.54) is 11.3 Å². The summed E-state index contributed by atoms with van der Waals surface area (Å²) in [6.45, 7) is 1.73. The first kappa shape index (κ1) is 17.5. The van der Waals surface area contributed by atoms with Gasteiger partial charge in [-0.1, -0.05) is 12.1 Å². The van der Waals surface area contributed by atoms with E-state index in [4.69, 9.17) is 5.26 Å². The van der Waals surface area contributed by atoms with Gasteiger partial charge >= 0.3 is 0 Å². The number of thiazole rings is 1. The van der Waals surface area contributed by atoms with Crippen LogP contribution in [0.1, 0.15) is 17.5 Å². The predicted molar refractivity (Wildman–Crippen MR) is 94.2 cm³/mol. The van der Waals surface area contributed by atoms with Gasteiger partial charge in [-0.05, 0) is 37.3 Å². The van der Waals surface area contributed by atoms with Gasteiger partial charge in [0, 0.05) is 12.5 Å². The summed E-state index contributed by atoms with van der Waals surface area (Å²) >= 11 is 1.52. The molecule has 5 nitrogen and oxygen atoms in total. The maximum absolute atomic E-state index is 13.4. The molecule has 0 fully saturated rings. The number of hydrogen-bond donors (Lipinski definition) is 1. The molecule has 1 heterocycles. The monoisotopic (exact) mass is 375 g/mol. The quantitative estimate of drug-likeness (QED) is 0.742. The molecule has 0 aliphatic carbocycles. The number of nitrogens with zero attached hydrogens (tertiary/aromatic N) is 2.